The van der Waals surface area contributed by atoms with Crippen molar-refractivity contribution in [1.82, 2.24) is 10.2 Å². The Hall–Kier alpha value is -2.74. The van der Waals surface area contributed by atoms with Crippen molar-refractivity contribution < 1.29 is 43.6 Å². The molecule has 0 saturated carbocycles. The largest absolute Gasteiger partial charge is 0.508 e. The normalized spacial score (nSPS) is 24.4. The summed E-state index contributed by atoms with van der Waals surface area (Å²) >= 11 is 1.15. The summed E-state index contributed by atoms with van der Waals surface area (Å²) in [4.78, 5) is 52.8. The highest BCUT2D eigenvalue weighted by Crippen LogP contribution is 2.32. The van der Waals surface area contributed by atoms with Gasteiger partial charge in [-0.25, -0.2) is 9.59 Å². The second-order valence-corrected chi connectivity index (χ2v) is 9.35. The van der Waals surface area contributed by atoms with E-state index in [9.17, 15) is 29.4 Å². The number of phenolic OH excluding ortho intramolecular Hbond substituents is 2. The highest BCUT2D eigenvalue weighted by molar-refractivity contribution is 7.98. The van der Waals surface area contributed by atoms with Gasteiger partial charge in [-0.2, -0.15) is 11.8 Å². The summed E-state index contributed by atoms with van der Waals surface area (Å²) in [5.41, 5.74) is 5.79. The zero-order chi connectivity index (χ0) is 25.7. The van der Waals surface area contributed by atoms with E-state index in [2.05, 4.69) is 5.32 Å². The Balaban J connectivity index is 0.00000456. The molecule has 1 aromatic carbocycles. The van der Waals surface area contributed by atoms with Crippen molar-refractivity contribution in [2.75, 3.05) is 39.2 Å². The number of nitrogens with zero attached hydrogens (tertiary/aromatic N) is 1. The molecule has 0 aromatic heterocycles. The van der Waals surface area contributed by atoms with E-state index in [1.54, 1.807) is 4.90 Å². The van der Waals surface area contributed by atoms with Gasteiger partial charge in [0.2, 0.25) is 11.8 Å². The molecule has 5 N–H and O–H groups in total. The van der Waals surface area contributed by atoms with Crippen molar-refractivity contribution in [3.05, 3.63) is 23.3 Å². The summed E-state index contributed by atoms with van der Waals surface area (Å²) in [6.45, 7) is 2.21. The molecule has 3 rings (SSSR count). The molecule has 0 aliphatic carbocycles. The second-order valence-electron chi connectivity index (χ2n) is 8.32. The number of amides is 2. The molecular formula is C22H30ClN3O9S. The number of hydrogen-bond acceptors (Lipinski definition) is 11. The summed E-state index contributed by atoms with van der Waals surface area (Å²) in [6, 6.07) is 0.00478. The third-order valence-electron chi connectivity index (χ3n) is 5.83. The number of rotatable bonds is 4. The number of primary amides is 1. The van der Waals surface area contributed by atoms with Crippen LogP contribution in [0.15, 0.2) is 12.1 Å². The third-order valence-corrected chi connectivity index (χ3v) is 6.90. The van der Waals surface area contributed by atoms with E-state index >= 15 is 0 Å². The molecule has 2 aliphatic heterocycles. The van der Waals surface area contributed by atoms with Crippen molar-refractivity contribution in [2.24, 2.45) is 11.7 Å². The Labute approximate surface area is 218 Å². The predicted octanol–water partition coefficient (Wildman–Crippen LogP) is -0.228. The molecule has 36 heavy (non-hydrogen) atoms. The van der Waals surface area contributed by atoms with Gasteiger partial charge in [0.25, 0.3) is 0 Å². The van der Waals surface area contributed by atoms with Crippen LogP contribution >= 0.6 is 24.2 Å². The van der Waals surface area contributed by atoms with Crippen LogP contribution in [0, 0.1) is 5.92 Å². The minimum absolute atomic E-state index is 0. The second kappa shape index (κ2) is 13.0. The quantitative estimate of drug-likeness (QED) is 0.366. The maximum atomic E-state index is 13.3. The van der Waals surface area contributed by atoms with Crippen molar-refractivity contribution >= 4 is 47.9 Å². The van der Waals surface area contributed by atoms with E-state index in [0.717, 1.165) is 23.9 Å². The van der Waals surface area contributed by atoms with Gasteiger partial charge in [0.1, 0.15) is 30.2 Å². The fourth-order valence-electron chi connectivity index (χ4n) is 4.13. The minimum Gasteiger partial charge on any atom is -0.508 e. The van der Waals surface area contributed by atoms with Crippen LogP contribution in [0.4, 0.5) is 0 Å². The van der Waals surface area contributed by atoms with Crippen LogP contribution in [0.2, 0.25) is 0 Å². The topological polar surface area (TPSA) is 178 Å². The van der Waals surface area contributed by atoms with E-state index in [4.69, 9.17) is 19.9 Å². The number of esters is 2. The SMILES string of the molecule is COC(=O)[C@@H]1CSCc2c(O)cc(O)cc2C(=O)OC[C@H](C(C(N)=O)N2CCOC(C)C2)C(=O)N1.Cl. The fraction of sp³-hybridized carbons (Fsp3) is 0.545. The van der Waals surface area contributed by atoms with E-state index in [0.29, 0.717) is 19.7 Å². The lowest BCUT2D eigenvalue weighted by atomic mass is 9.95. The summed E-state index contributed by atoms with van der Waals surface area (Å²) in [5, 5.41) is 22.8. The van der Waals surface area contributed by atoms with Crippen molar-refractivity contribution in [1.29, 1.82) is 0 Å². The minimum atomic E-state index is -1.26. The number of halogens is 1. The molecule has 2 unspecified atom stereocenters. The molecule has 0 spiro atoms. The monoisotopic (exact) mass is 547 g/mol. The Kier molecular flexibility index (Phi) is 10.6. The van der Waals surface area contributed by atoms with Gasteiger partial charge in [0.15, 0.2) is 0 Å². The fourth-order valence-corrected chi connectivity index (χ4v) is 5.21. The highest BCUT2D eigenvalue weighted by Gasteiger charge is 2.41. The number of benzene rings is 1. The zero-order valence-corrected chi connectivity index (χ0v) is 21.4. The molecule has 4 atom stereocenters. The number of thioether (sulfide) groups is 1. The molecule has 2 heterocycles. The number of hydrogen-bond donors (Lipinski definition) is 4. The molecule has 1 fully saturated rings. The molecule has 1 aromatic rings. The smallest absolute Gasteiger partial charge is 0.338 e. The van der Waals surface area contributed by atoms with Crippen molar-refractivity contribution in [3.8, 4) is 11.5 Å². The molecule has 2 amide bonds. The van der Waals surface area contributed by atoms with Gasteiger partial charge in [-0.3, -0.25) is 14.5 Å². The van der Waals surface area contributed by atoms with Crippen LogP contribution < -0.4 is 11.1 Å². The van der Waals surface area contributed by atoms with E-state index in [-0.39, 0.29) is 52.6 Å². The molecule has 12 nitrogen and oxygen atoms in total. The number of cyclic esters (lactones) is 1. The average Bonchev–Trinajstić information content (AvgIpc) is 2.80. The highest BCUT2D eigenvalue weighted by atomic mass is 35.5. The Bertz CT molecular complexity index is 996. The van der Waals surface area contributed by atoms with Gasteiger partial charge in [-0.05, 0) is 13.0 Å². The standard InChI is InChI=1S/C22H29N3O9S.ClH/c1-11-7-25(3-4-33-11)18(19(23)28)14-8-34-21(30)13-5-12(26)6-17(27)15(13)9-35-10-16(22(31)32-2)24-20(14)29;/h5-6,11,14,16,18,26-27H,3-4,7-10H2,1-2H3,(H2,23,28)(H,24,29);1H/t11?,14-,16+,18?;/m1./s1. The first kappa shape index (κ1) is 29.5. The number of fused-ring (bicyclic) bond motifs is 1. The number of phenols is 2. The molecule has 1 saturated heterocycles. The van der Waals surface area contributed by atoms with Crippen LogP contribution in [0.1, 0.15) is 22.8 Å². The van der Waals surface area contributed by atoms with Gasteiger partial charge < -0.3 is 35.5 Å². The van der Waals surface area contributed by atoms with Gasteiger partial charge in [0.05, 0.1) is 31.3 Å². The number of carbonyl (C=O) groups excluding carboxylic acids is 4. The molecule has 14 heteroatoms. The van der Waals surface area contributed by atoms with Crippen LogP contribution in [0.3, 0.4) is 0 Å². The Morgan fingerprint density at radius 1 is 1.31 bits per heavy atom. The summed E-state index contributed by atoms with van der Waals surface area (Å²) < 4.78 is 15.7. The number of nitrogens with two attached hydrogens (primary N) is 1. The molecule has 0 radical (unpaired) electrons. The molecule has 0 bridgehead atoms. The van der Waals surface area contributed by atoms with Crippen LogP contribution in [-0.4, -0.2) is 96.2 Å². The number of ether oxygens (including phenoxy) is 3. The van der Waals surface area contributed by atoms with E-state index in [1.807, 2.05) is 6.92 Å². The number of aromatic hydroxyl groups is 2. The molecular weight excluding hydrogens is 518 g/mol. The average molecular weight is 548 g/mol. The molecule has 2 aliphatic rings. The van der Waals surface area contributed by atoms with Gasteiger partial charge in [-0.15, -0.1) is 12.4 Å². The lowest BCUT2D eigenvalue weighted by Gasteiger charge is -2.38. The van der Waals surface area contributed by atoms with Crippen LogP contribution in [0.25, 0.3) is 0 Å². The summed E-state index contributed by atoms with van der Waals surface area (Å²) in [6.07, 6.45) is -0.223. The first-order valence-corrected chi connectivity index (χ1v) is 12.1. The Morgan fingerprint density at radius 2 is 2.03 bits per heavy atom. The van der Waals surface area contributed by atoms with E-state index < -0.39 is 48.4 Å². The lowest BCUT2D eigenvalue weighted by molar-refractivity contribution is -0.147. The number of methoxy groups -OCH3 is 1. The van der Waals surface area contributed by atoms with Crippen molar-refractivity contribution in [3.63, 3.8) is 0 Å². The Morgan fingerprint density at radius 3 is 2.67 bits per heavy atom. The zero-order valence-electron chi connectivity index (χ0n) is 19.8. The molecule has 200 valence electrons. The number of carbonyl (C=O) groups is 4. The maximum Gasteiger partial charge on any atom is 0.338 e. The summed E-state index contributed by atoms with van der Waals surface area (Å²) in [7, 11) is 1.18. The third kappa shape index (κ3) is 6.93. The van der Waals surface area contributed by atoms with E-state index in [1.165, 1.54) is 7.11 Å². The number of nitrogens with one attached hydrogen (secondary N) is 1. The van der Waals surface area contributed by atoms with Crippen molar-refractivity contribution in [2.45, 2.75) is 30.9 Å². The maximum absolute atomic E-state index is 13.3. The lowest BCUT2D eigenvalue weighted by Crippen LogP contribution is -2.60. The predicted molar refractivity (Wildman–Crippen MR) is 131 cm³/mol. The van der Waals surface area contributed by atoms with Gasteiger partial charge >= 0.3 is 11.9 Å². The van der Waals surface area contributed by atoms with Crippen LogP contribution in [0.5, 0.6) is 11.5 Å². The van der Waals surface area contributed by atoms with Gasteiger partial charge in [-0.1, -0.05) is 0 Å². The first-order chi connectivity index (χ1) is 16.6. The first-order valence-electron chi connectivity index (χ1n) is 10.9. The van der Waals surface area contributed by atoms with Gasteiger partial charge in [0, 0.05) is 36.2 Å². The number of morpholine rings is 1. The summed E-state index contributed by atoms with van der Waals surface area (Å²) in [5.74, 6) is -4.92. The van der Waals surface area contributed by atoms with Crippen LogP contribution in [-0.2, 0) is 34.3 Å².